The van der Waals surface area contributed by atoms with E-state index in [2.05, 4.69) is 23.3 Å². The van der Waals surface area contributed by atoms with E-state index in [1.807, 2.05) is 30.3 Å². The van der Waals surface area contributed by atoms with Crippen molar-refractivity contribution in [1.82, 2.24) is 4.98 Å². The zero-order chi connectivity index (χ0) is 17.5. The van der Waals surface area contributed by atoms with E-state index in [0.29, 0.717) is 24.0 Å². The average Bonchev–Trinajstić information content (AvgIpc) is 3.09. The summed E-state index contributed by atoms with van der Waals surface area (Å²) in [6.45, 7) is 2.89. The summed E-state index contributed by atoms with van der Waals surface area (Å²) in [6, 6.07) is 12.3. The van der Waals surface area contributed by atoms with Crippen molar-refractivity contribution in [2.24, 2.45) is 5.92 Å². The molecule has 1 aliphatic carbocycles. The molecular weight excluding hydrogens is 310 g/mol. The maximum absolute atomic E-state index is 9.35. The second-order valence-electron chi connectivity index (χ2n) is 7.04. The quantitative estimate of drug-likeness (QED) is 0.712. The Morgan fingerprint density at radius 1 is 1.20 bits per heavy atom. The van der Waals surface area contributed by atoms with Gasteiger partial charge in [-0.2, -0.15) is 5.26 Å². The third-order valence-corrected chi connectivity index (χ3v) is 5.21. The fourth-order valence-electron chi connectivity index (χ4n) is 3.68. The number of rotatable bonds is 7. The largest absolute Gasteiger partial charge is 0.424 e. The number of anilines is 1. The molecule has 0 atom stereocenters. The lowest BCUT2D eigenvalue weighted by atomic mass is 9.80. The van der Waals surface area contributed by atoms with E-state index < -0.39 is 0 Å². The molecule has 0 radical (unpaired) electrons. The molecular formula is C21H27N3O. The third kappa shape index (κ3) is 4.63. The van der Waals surface area contributed by atoms with Crippen LogP contribution in [0.1, 0.15) is 74.9 Å². The van der Waals surface area contributed by atoms with E-state index >= 15 is 0 Å². The standard InChI is InChI=1S/C21H27N3O/c1-2-3-7-16-10-12-18(13-11-16)20-24-19(14-22)21(25-20)23-15-17-8-5-4-6-9-17/h4-6,8-9,16,18,23H,2-3,7,10-13,15H2,1H3. The third-order valence-electron chi connectivity index (χ3n) is 5.21. The molecule has 1 saturated carbocycles. The van der Waals surface area contributed by atoms with Gasteiger partial charge in [0.15, 0.2) is 0 Å². The molecule has 0 amide bonds. The van der Waals surface area contributed by atoms with Gasteiger partial charge in [0, 0.05) is 12.5 Å². The highest BCUT2D eigenvalue weighted by molar-refractivity contribution is 5.46. The van der Waals surface area contributed by atoms with Crippen molar-refractivity contribution in [3.63, 3.8) is 0 Å². The summed E-state index contributed by atoms with van der Waals surface area (Å²) in [7, 11) is 0. The SMILES string of the molecule is CCCCC1CCC(c2nc(C#N)c(NCc3ccccc3)o2)CC1. The van der Waals surface area contributed by atoms with Crippen LogP contribution in [0.3, 0.4) is 0 Å². The fourth-order valence-corrected chi connectivity index (χ4v) is 3.68. The van der Waals surface area contributed by atoms with E-state index in [1.54, 1.807) is 0 Å². The summed E-state index contributed by atoms with van der Waals surface area (Å²) in [4.78, 5) is 4.46. The normalized spacial score (nSPS) is 20.2. The molecule has 0 bridgehead atoms. The van der Waals surface area contributed by atoms with Gasteiger partial charge in [0.05, 0.1) is 0 Å². The highest BCUT2D eigenvalue weighted by Crippen LogP contribution is 2.38. The predicted octanol–water partition coefficient (Wildman–Crippen LogP) is 5.62. The first-order chi connectivity index (χ1) is 12.3. The van der Waals surface area contributed by atoms with Crippen LogP contribution in [0.4, 0.5) is 5.88 Å². The molecule has 0 spiro atoms. The minimum Gasteiger partial charge on any atom is -0.424 e. The highest BCUT2D eigenvalue weighted by Gasteiger charge is 2.27. The van der Waals surface area contributed by atoms with Crippen LogP contribution in [0.15, 0.2) is 34.7 Å². The summed E-state index contributed by atoms with van der Waals surface area (Å²) in [5, 5.41) is 12.6. The number of nitrogens with zero attached hydrogens (tertiary/aromatic N) is 2. The van der Waals surface area contributed by atoms with Crippen molar-refractivity contribution in [2.75, 3.05) is 5.32 Å². The Balaban J connectivity index is 1.60. The zero-order valence-corrected chi connectivity index (χ0v) is 15.0. The van der Waals surface area contributed by atoms with Gasteiger partial charge in [0.1, 0.15) is 6.07 Å². The lowest BCUT2D eigenvalue weighted by molar-refractivity contribution is 0.278. The number of unbranched alkanes of at least 4 members (excludes halogenated alkanes) is 1. The first kappa shape index (κ1) is 17.5. The highest BCUT2D eigenvalue weighted by atomic mass is 16.4. The minimum atomic E-state index is 0.359. The molecule has 2 aromatic rings. The molecule has 4 heteroatoms. The Bertz CT molecular complexity index is 694. The molecule has 1 N–H and O–H groups in total. The Hall–Kier alpha value is -2.28. The maximum atomic E-state index is 9.35. The first-order valence-corrected chi connectivity index (χ1v) is 9.48. The summed E-state index contributed by atoms with van der Waals surface area (Å²) >= 11 is 0. The van der Waals surface area contributed by atoms with Crippen molar-refractivity contribution >= 4 is 5.88 Å². The molecule has 25 heavy (non-hydrogen) atoms. The van der Waals surface area contributed by atoms with E-state index in [1.165, 1.54) is 32.1 Å². The van der Waals surface area contributed by atoms with Crippen LogP contribution < -0.4 is 5.32 Å². The van der Waals surface area contributed by atoms with Crippen LogP contribution in [-0.4, -0.2) is 4.98 Å². The van der Waals surface area contributed by atoms with Gasteiger partial charge in [0.2, 0.25) is 17.5 Å². The summed E-state index contributed by atoms with van der Waals surface area (Å²) in [5.41, 5.74) is 1.53. The molecule has 1 aromatic carbocycles. The van der Waals surface area contributed by atoms with Gasteiger partial charge in [-0.1, -0.05) is 56.5 Å². The number of hydrogen-bond donors (Lipinski definition) is 1. The second kappa shape index (κ2) is 8.71. The second-order valence-corrected chi connectivity index (χ2v) is 7.04. The predicted molar refractivity (Wildman–Crippen MR) is 99.2 cm³/mol. The zero-order valence-electron chi connectivity index (χ0n) is 15.0. The molecule has 1 aromatic heterocycles. The number of nitrogens with one attached hydrogen (secondary N) is 1. The maximum Gasteiger partial charge on any atom is 0.232 e. The summed E-state index contributed by atoms with van der Waals surface area (Å²) in [6.07, 6.45) is 8.71. The van der Waals surface area contributed by atoms with E-state index in [9.17, 15) is 5.26 Å². The fraction of sp³-hybridized carbons (Fsp3) is 0.524. The Kier molecular flexibility index (Phi) is 6.11. The molecule has 1 fully saturated rings. The van der Waals surface area contributed by atoms with Gasteiger partial charge >= 0.3 is 0 Å². The smallest absolute Gasteiger partial charge is 0.232 e. The van der Waals surface area contributed by atoms with E-state index in [4.69, 9.17) is 4.42 Å². The first-order valence-electron chi connectivity index (χ1n) is 9.48. The van der Waals surface area contributed by atoms with Crippen molar-refractivity contribution < 1.29 is 4.42 Å². The van der Waals surface area contributed by atoms with Crippen molar-refractivity contribution in [1.29, 1.82) is 5.26 Å². The molecule has 3 rings (SSSR count). The molecule has 0 unspecified atom stereocenters. The lowest BCUT2D eigenvalue weighted by Gasteiger charge is -2.26. The van der Waals surface area contributed by atoms with Gasteiger partial charge < -0.3 is 9.73 Å². The monoisotopic (exact) mass is 337 g/mol. The number of nitriles is 1. The molecule has 4 nitrogen and oxygen atoms in total. The summed E-state index contributed by atoms with van der Waals surface area (Å²) < 4.78 is 5.94. The molecule has 1 aliphatic rings. The minimum absolute atomic E-state index is 0.359. The van der Waals surface area contributed by atoms with Crippen LogP contribution in [0.25, 0.3) is 0 Å². The Morgan fingerprint density at radius 2 is 1.96 bits per heavy atom. The number of hydrogen-bond acceptors (Lipinski definition) is 4. The van der Waals surface area contributed by atoms with E-state index in [0.717, 1.165) is 30.2 Å². The van der Waals surface area contributed by atoms with E-state index in [-0.39, 0.29) is 0 Å². The van der Waals surface area contributed by atoms with Gasteiger partial charge in [-0.25, -0.2) is 4.98 Å². The molecule has 0 aliphatic heterocycles. The van der Waals surface area contributed by atoms with Crippen LogP contribution in [-0.2, 0) is 6.54 Å². The van der Waals surface area contributed by atoms with Gasteiger partial charge in [-0.3, -0.25) is 0 Å². The molecule has 0 saturated heterocycles. The van der Waals surface area contributed by atoms with Gasteiger partial charge in [-0.15, -0.1) is 0 Å². The summed E-state index contributed by atoms with van der Waals surface area (Å²) in [5.74, 6) is 2.46. The molecule has 132 valence electrons. The Morgan fingerprint density at radius 3 is 2.64 bits per heavy atom. The Labute approximate surface area is 150 Å². The molecule has 1 heterocycles. The van der Waals surface area contributed by atoms with Crippen molar-refractivity contribution in [3.05, 3.63) is 47.5 Å². The lowest BCUT2D eigenvalue weighted by Crippen LogP contribution is -2.13. The van der Waals surface area contributed by atoms with Crippen LogP contribution >= 0.6 is 0 Å². The number of aromatic nitrogens is 1. The van der Waals surface area contributed by atoms with Crippen LogP contribution in [0.2, 0.25) is 0 Å². The average molecular weight is 337 g/mol. The van der Waals surface area contributed by atoms with Crippen LogP contribution in [0.5, 0.6) is 0 Å². The number of oxazole rings is 1. The van der Waals surface area contributed by atoms with Crippen LogP contribution in [0, 0.1) is 17.2 Å². The van der Waals surface area contributed by atoms with Crippen molar-refractivity contribution in [3.8, 4) is 6.07 Å². The van der Waals surface area contributed by atoms with Gasteiger partial charge in [-0.05, 0) is 37.2 Å². The number of benzene rings is 1. The van der Waals surface area contributed by atoms with Crippen molar-refractivity contribution in [2.45, 2.75) is 64.3 Å². The topological polar surface area (TPSA) is 61.9 Å². The van der Waals surface area contributed by atoms with Gasteiger partial charge in [0.25, 0.3) is 0 Å².